The first kappa shape index (κ1) is 16.9. The van der Waals surface area contributed by atoms with Gasteiger partial charge in [0.1, 0.15) is 0 Å². The van der Waals surface area contributed by atoms with Crippen molar-refractivity contribution < 1.29 is 18.4 Å². The summed E-state index contributed by atoms with van der Waals surface area (Å²) in [5.74, 6) is 0.650. The first-order chi connectivity index (χ1) is 12.2. The highest BCUT2D eigenvalue weighted by molar-refractivity contribution is 7.08. The zero-order valence-electron chi connectivity index (χ0n) is 13.2. The Balaban J connectivity index is 1.34. The van der Waals surface area contributed by atoms with Gasteiger partial charge in [0.05, 0.1) is 6.26 Å². The molecule has 2 N–H and O–H groups in total. The molecule has 0 atom stereocenters. The molecule has 130 valence electrons. The van der Waals surface area contributed by atoms with Crippen LogP contribution in [0.2, 0.25) is 0 Å². The fraction of sp³-hybridized carbons (Fsp3) is 0.250. The topological polar surface area (TPSA) is 110 Å². The maximum atomic E-state index is 11.8. The van der Waals surface area contributed by atoms with E-state index >= 15 is 0 Å². The maximum absolute atomic E-state index is 11.8. The molecule has 0 saturated heterocycles. The number of rotatable bonds is 8. The molecule has 0 aliphatic rings. The van der Waals surface area contributed by atoms with Crippen LogP contribution < -0.4 is 10.6 Å². The molecule has 0 unspecified atom stereocenters. The molecule has 0 aromatic carbocycles. The molecule has 0 fully saturated rings. The lowest BCUT2D eigenvalue weighted by Gasteiger charge is -2.05. The third-order valence-electron chi connectivity index (χ3n) is 3.28. The first-order valence-electron chi connectivity index (χ1n) is 7.66. The van der Waals surface area contributed by atoms with E-state index in [4.69, 9.17) is 8.83 Å². The van der Waals surface area contributed by atoms with Crippen molar-refractivity contribution in [2.24, 2.45) is 0 Å². The van der Waals surface area contributed by atoms with E-state index in [0.29, 0.717) is 31.3 Å². The van der Waals surface area contributed by atoms with Gasteiger partial charge >= 0.3 is 0 Å². The largest absolute Gasteiger partial charge is 0.459 e. The lowest BCUT2D eigenvalue weighted by atomic mass is 10.3. The average Bonchev–Trinajstić information content (AvgIpc) is 3.37. The predicted molar refractivity (Wildman–Crippen MR) is 90.0 cm³/mol. The fourth-order valence-corrected chi connectivity index (χ4v) is 2.67. The Hall–Kier alpha value is -2.94. The van der Waals surface area contributed by atoms with Gasteiger partial charge in [-0.25, -0.2) is 0 Å². The van der Waals surface area contributed by atoms with Gasteiger partial charge in [-0.2, -0.15) is 11.3 Å². The van der Waals surface area contributed by atoms with Crippen molar-refractivity contribution in [3.05, 3.63) is 46.9 Å². The minimum absolute atomic E-state index is 0.150. The monoisotopic (exact) mass is 360 g/mol. The zero-order valence-corrected chi connectivity index (χ0v) is 14.0. The van der Waals surface area contributed by atoms with E-state index in [1.54, 1.807) is 23.5 Å². The molecule has 0 aliphatic heterocycles. The van der Waals surface area contributed by atoms with Crippen LogP contribution in [0.25, 0.3) is 11.5 Å². The van der Waals surface area contributed by atoms with Gasteiger partial charge in [-0.05, 0) is 23.6 Å². The number of aromatic nitrogens is 2. The summed E-state index contributed by atoms with van der Waals surface area (Å²) >= 11 is 1.55. The molecule has 0 saturated carbocycles. The summed E-state index contributed by atoms with van der Waals surface area (Å²) in [5, 5.41) is 17.1. The van der Waals surface area contributed by atoms with E-state index in [9.17, 15) is 9.59 Å². The van der Waals surface area contributed by atoms with Crippen LogP contribution in [-0.2, 0) is 11.2 Å². The Bertz CT molecular complexity index is 811. The van der Waals surface area contributed by atoms with Crippen LogP contribution >= 0.6 is 11.3 Å². The Kier molecular flexibility index (Phi) is 5.57. The van der Waals surface area contributed by atoms with Gasteiger partial charge in [-0.3, -0.25) is 9.59 Å². The van der Waals surface area contributed by atoms with Crippen LogP contribution in [0.4, 0.5) is 0 Å². The van der Waals surface area contributed by atoms with Crippen molar-refractivity contribution in [2.75, 3.05) is 13.1 Å². The molecule has 2 amide bonds. The average molecular weight is 360 g/mol. The smallest absolute Gasteiger partial charge is 0.287 e. The van der Waals surface area contributed by atoms with E-state index in [1.807, 2.05) is 16.8 Å². The highest BCUT2D eigenvalue weighted by Crippen LogP contribution is 2.20. The van der Waals surface area contributed by atoms with Crippen molar-refractivity contribution in [1.82, 2.24) is 20.8 Å². The van der Waals surface area contributed by atoms with Crippen molar-refractivity contribution >= 4 is 23.2 Å². The van der Waals surface area contributed by atoms with Crippen LogP contribution in [0, 0.1) is 0 Å². The number of aryl methyl sites for hydroxylation is 1. The summed E-state index contributed by atoms with van der Waals surface area (Å²) in [5.41, 5.74) is 0.875. The van der Waals surface area contributed by atoms with Gasteiger partial charge in [0.25, 0.3) is 5.91 Å². The number of nitrogens with zero attached hydrogens (tertiary/aromatic N) is 2. The summed E-state index contributed by atoms with van der Waals surface area (Å²) < 4.78 is 10.5. The number of carbonyl (C=O) groups excluding carboxylic acids is 2. The van der Waals surface area contributed by atoms with Crippen LogP contribution in [0.1, 0.15) is 22.9 Å². The number of furan rings is 1. The van der Waals surface area contributed by atoms with Crippen molar-refractivity contribution in [3.8, 4) is 11.5 Å². The molecule has 0 spiro atoms. The molecule has 0 radical (unpaired) electrons. The van der Waals surface area contributed by atoms with E-state index in [1.165, 1.54) is 6.26 Å². The minimum Gasteiger partial charge on any atom is -0.459 e. The number of nitrogens with one attached hydrogen (secondary N) is 2. The number of carbonyl (C=O) groups is 2. The second-order valence-corrected chi connectivity index (χ2v) is 5.88. The maximum Gasteiger partial charge on any atom is 0.287 e. The predicted octanol–water partition coefficient (Wildman–Crippen LogP) is 1.87. The Labute approximate surface area is 147 Å². The van der Waals surface area contributed by atoms with E-state index < -0.39 is 0 Å². The number of amides is 2. The van der Waals surface area contributed by atoms with Gasteiger partial charge in [0, 0.05) is 36.9 Å². The van der Waals surface area contributed by atoms with Gasteiger partial charge in [0.15, 0.2) is 5.76 Å². The summed E-state index contributed by atoms with van der Waals surface area (Å²) in [7, 11) is 0. The molecule has 3 heterocycles. The van der Waals surface area contributed by atoms with Gasteiger partial charge in [-0.1, -0.05) is 0 Å². The van der Waals surface area contributed by atoms with Crippen molar-refractivity contribution in [3.63, 3.8) is 0 Å². The van der Waals surface area contributed by atoms with Crippen LogP contribution in [-0.4, -0.2) is 35.1 Å². The normalized spacial score (nSPS) is 10.6. The molecule has 3 aromatic heterocycles. The fourth-order valence-electron chi connectivity index (χ4n) is 2.04. The number of hydrogen-bond donors (Lipinski definition) is 2. The molecular formula is C16H16N4O4S. The number of thiophene rings is 1. The van der Waals surface area contributed by atoms with E-state index in [0.717, 1.165) is 5.56 Å². The molecule has 3 aromatic rings. The van der Waals surface area contributed by atoms with Crippen molar-refractivity contribution in [2.45, 2.75) is 12.8 Å². The summed E-state index contributed by atoms with van der Waals surface area (Å²) in [6, 6.07) is 5.10. The van der Waals surface area contributed by atoms with E-state index in [2.05, 4.69) is 20.8 Å². The van der Waals surface area contributed by atoms with Crippen LogP contribution in [0.5, 0.6) is 0 Å². The summed E-state index contributed by atoms with van der Waals surface area (Å²) in [6.45, 7) is 0.642. The lowest BCUT2D eigenvalue weighted by Crippen LogP contribution is -2.34. The Morgan fingerprint density at radius 1 is 1.16 bits per heavy atom. The van der Waals surface area contributed by atoms with Gasteiger partial charge in [-0.15, -0.1) is 10.2 Å². The first-order valence-corrected chi connectivity index (χ1v) is 8.60. The molecule has 9 heteroatoms. The second-order valence-electron chi connectivity index (χ2n) is 5.10. The third kappa shape index (κ3) is 4.77. The van der Waals surface area contributed by atoms with Crippen molar-refractivity contribution in [1.29, 1.82) is 0 Å². The molecule has 0 aliphatic carbocycles. The van der Waals surface area contributed by atoms with E-state index in [-0.39, 0.29) is 24.0 Å². The third-order valence-corrected chi connectivity index (χ3v) is 3.96. The zero-order chi connectivity index (χ0) is 17.5. The second kappa shape index (κ2) is 8.25. The number of hydrogen-bond acceptors (Lipinski definition) is 7. The minimum atomic E-state index is -0.314. The van der Waals surface area contributed by atoms with Gasteiger partial charge in [0.2, 0.25) is 17.7 Å². The molecular weight excluding hydrogens is 344 g/mol. The SMILES string of the molecule is O=C(CCc1nnc(-c2ccsc2)o1)NCCNC(=O)c1ccco1. The highest BCUT2D eigenvalue weighted by Gasteiger charge is 2.11. The Morgan fingerprint density at radius 3 is 2.80 bits per heavy atom. The van der Waals surface area contributed by atoms with Crippen LogP contribution in [0.15, 0.2) is 44.1 Å². The standard InChI is InChI=1S/C16H16N4O4S/c21-13(17-6-7-18-15(22)12-2-1-8-23-12)3-4-14-19-20-16(24-14)11-5-9-25-10-11/h1-2,5,8-10H,3-4,6-7H2,(H,17,21)(H,18,22). The molecule has 0 bridgehead atoms. The molecule has 8 nitrogen and oxygen atoms in total. The summed E-state index contributed by atoms with van der Waals surface area (Å²) in [6.07, 6.45) is 2.02. The molecule has 3 rings (SSSR count). The van der Waals surface area contributed by atoms with Crippen LogP contribution in [0.3, 0.4) is 0 Å². The highest BCUT2D eigenvalue weighted by atomic mass is 32.1. The lowest BCUT2D eigenvalue weighted by molar-refractivity contribution is -0.121. The van der Waals surface area contributed by atoms with Gasteiger partial charge < -0.3 is 19.5 Å². The molecule has 25 heavy (non-hydrogen) atoms. The summed E-state index contributed by atoms with van der Waals surface area (Å²) in [4.78, 5) is 23.4. The Morgan fingerprint density at radius 2 is 2.04 bits per heavy atom. The quantitative estimate of drug-likeness (QED) is 0.593.